The average molecular weight is 277 g/mol. The normalized spacial score (nSPS) is 12.6. The minimum atomic E-state index is 0.327. The first kappa shape index (κ1) is 13.7. The molecule has 1 nitrogen and oxygen atoms in total. The zero-order chi connectivity index (χ0) is 12.8. The van der Waals surface area contributed by atoms with Crippen LogP contribution in [0.1, 0.15) is 29.8 Å². The highest BCUT2D eigenvalue weighted by Crippen LogP contribution is 2.32. The summed E-state index contributed by atoms with van der Waals surface area (Å²) in [6.07, 6.45) is 3.30. The van der Waals surface area contributed by atoms with Crippen LogP contribution in [0.4, 0.5) is 0 Å². The maximum absolute atomic E-state index is 3.66. The van der Waals surface area contributed by atoms with E-state index < -0.39 is 0 Å². The topological polar surface area (TPSA) is 12.0 Å². The van der Waals surface area contributed by atoms with Gasteiger partial charge in [-0.2, -0.15) is 0 Å². The number of thioether (sulfide) groups is 1. The third-order valence-electron chi connectivity index (χ3n) is 2.88. The minimum Gasteiger partial charge on any atom is -0.306 e. The van der Waals surface area contributed by atoms with E-state index in [0.29, 0.717) is 6.04 Å². The van der Waals surface area contributed by atoms with Crippen molar-refractivity contribution in [2.24, 2.45) is 0 Å². The van der Waals surface area contributed by atoms with Gasteiger partial charge in [0.05, 0.1) is 6.04 Å². The molecule has 1 unspecified atom stereocenters. The fraction of sp³-hybridized carbons (Fsp3) is 0.333. The van der Waals surface area contributed by atoms with Crippen LogP contribution in [0.5, 0.6) is 0 Å². The molecule has 1 aromatic heterocycles. The number of hydrogen-bond donors (Lipinski definition) is 1. The standard InChI is InChI=1S/C15H19NS2/c1-3-10-16-15(14-9-6-11-18-14)12-7-4-5-8-13(12)17-2/h4-9,11,15-16H,3,10H2,1-2H3. The van der Waals surface area contributed by atoms with Gasteiger partial charge in [-0.1, -0.05) is 31.2 Å². The van der Waals surface area contributed by atoms with Gasteiger partial charge in [0, 0.05) is 9.77 Å². The van der Waals surface area contributed by atoms with Gasteiger partial charge in [0.2, 0.25) is 0 Å². The molecule has 0 fully saturated rings. The van der Waals surface area contributed by atoms with Crippen molar-refractivity contribution in [3.05, 3.63) is 52.2 Å². The van der Waals surface area contributed by atoms with Crippen molar-refractivity contribution < 1.29 is 0 Å². The molecule has 0 aliphatic carbocycles. The van der Waals surface area contributed by atoms with E-state index in [1.54, 1.807) is 0 Å². The van der Waals surface area contributed by atoms with E-state index in [1.165, 1.54) is 15.3 Å². The summed E-state index contributed by atoms with van der Waals surface area (Å²) in [4.78, 5) is 2.75. The zero-order valence-corrected chi connectivity index (χ0v) is 12.5. The third-order valence-corrected chi connectivity index (χ3v) is 4.62. The molecule has 1 heterocycles. The molecule has 0 spiro atoms. The summed E-state index contributed by atoms with van der Waals surface area (Å²) in [5, 5.41) is 5.81. The van der Waals surface area contributed by atoms with Crippen LogP contribution >= 0.6 is 23.1 Å². The van der Waals surface area contributed by atoms with Gasteiger partial charge in [0.15, 0.2) is 0 Å². The SMILES string of the molecule is CCCNC(c1cccs1)c1ccccc1SC. The Kier molecular flexibility index (Phi) is 5.29. The van der Waals surface area contributed by atoms with Gasteiger partial charge in [-0.25, -0.2) is 0 Å². The summed E-state index contributed by atoms with van der Waals surface area (Å²) >= 11 is 3.64. The molecule has 0 amide bonds. The summed E-state index contributed by atoms with van der Waals surface area (Å²) in [5.74, 6) is 0. The van der Waals surface area contributed by atoms with Crippen molar-refractivity contribution in [3.8, 4) is 0 Å². The van der Waals surface area contributed by atoms with Crippen molar-refractivity contribution in [1.82, 2.24) is 5.32 Å². The molecule has 0 radical (unpaired) electrons. The molecule has 0 aliphatic heterocycles. The van der Waals surface area contributed by atoms with Crippen LogP contribution in [0.2, 0.25) is 0 Å². The highest BCUT2D eigenvalue weighted by molar-refractivity contribution is 7.98. The van der Waals surface area contributed by atoms with Gasteiger partial charge in [0.25, 0.3) is 0 Å². The first-order chi connectivity index (χ1) is 8.86. The summed E-state index contributed by atoms with van der Waals surface area (Å²) in [5.41, 5.74) is 1.39. The van der Waals surface area contributed by atoms with Crippen LogP contribution in [0.25, 0.3) is 0 Å². The molecular weight excluding hydrogens is 258 g/mol. The number of benzene rings is 1. The van der Waals surface area contributed by atoms with Crippen LogP contribution in [0.3, 0.4) is 0 Å². The predicted molar refractivity (Wildman–Crippen MR) is 82.7 cm³/mol. The van der Waals surface area contributed by atoms with Crippen molar-refractivity contribution >= 4 is 23.1 Å². The van der Waals surface area contributed by atoms with Gasteiger partial charge in [0.1, 0.15) is 0 Å². The molecule has 2 aromatic rings. The van der Waals surface area contributed by atoms with Crippen LogP contribution in [0.15, 0.2) is 46.7 Å². The molecular formula is C15H19NS2. The Morgan fingerprint density at radius 1 is 1.22 bits per heavy atom. The number of hydrogen-bond acceptors (Lipinski definition) is 3. The van der Waals surface area contributed by atoms with Gasteiger partial charge in [-0.15, -0.1) is 23.1 Å². The molecule has 96 valence electrons. The van der Waals surface area contributed by atoms with Gasteiger partial charge in [-0.05, 0) is 42.3 Å². The van der Waals surface area contributed by atoms with Crippen LogP contribution in [0, 0.1) is 0 Å². The summed E-state index contributed by atoms with van der Waals surface area (Å²) < 4.78 is 0. The second-order valence-corrected chi connectivity index (χ2v) is 5.97. The average Bonchev–Trinajstić information content (AvgIpc) is 2.94. The number of nitrogens with one attached hydrogen (secondary N) is 1. The number of thiophene rings is 1. The fourth-order valence-electron chi connectivity index (χ4n) is 2.01. The maximum Gasteiger partial charge on any atom is 0.0681 e. The van der Waals surface area contributed by atoms with Crippen LogP contribution in [-0.2, 0) is 0 Å². The van der Waals surface area contributed by atoms with Gasteiger partial charge < -0.3 is 5.32 Å². The molecule has 18 heavy (non-hydrogen) atoms. The molecule has 2 rings (SSSR count). The molecule has 3 heteroatoms. The predicted octanol–water partition coefficient (Wildman–Crippen LogP) is 4.56. The first-order valence-electron chi connectivity index (χ1n) is 6.26. The van der Waals surface area contributed by atoms with E-state index in [2.05, 4.69) is 60.3 Å². The third kappa shape index (κ3) is 3.16. The summed E-state index contributed by atoms with van der Waals surface area (Å²) in [6, 6.07) is 13.3. The Bertz CT molecular complexity index is 465. The van der Waals surface area contributed by atoms with E-state index in [-0.39, 0.29) is 0 Å². The van der Waals surface area contributed by atoms with Crippen molar-refractivity contribution in [2.75, 3.05) is 12.8 Å². The Balaban J connectivity index is 2.33. The lowest BCUT2D eigenvalue weighted by Gasteiger charge is -2.20. The summed E-state index contributed by atoms with van der Waals surface area (Å²) in [6.45, 7) is 3.25. The van der Waals surface area contributed by atoms with E-state index in [4.69, 9.17) is 0 Å². The molecule has 1 N–H and O–H groups in total. The van der Waals surface area contributed by atoms with Crippen LogP contribution in [-0.4, -0.2) is 12.8 Å². The Morgan fingerprint density at radius 3 is 2.72 bits per heavy atom. The monoisotopic (exact) mass is 277 g/mol. The lowest BCUT2D eigenvalue weighted by atomic mass is 10.1. The largest absolute Gasteiger partial charge is 0.306 e. The van der Waals surface area contributed by atoms with Crippen molar-refractivity contribution in [3.63, 3.8) is 0 Å². The van der Waals surface area contributed by atoms with E-state index >= 15 is 0 Å². The van der Waals surface area contributed by atoms with Crippen molar-refractivity contribution in [1.29, 1.82) is 0 Å². The molecule has 0 aliphatic rings. The first-order valence-corrected chi connectivity index (χ1v) is 8.37. The molecule has 0 bridgehead atoms. The summed E-state index contributed by atoms with van der Waals surface area (Å²) in [7, 11) is 0. The zero-order valence-electron chi connectivity index (χ0n) is 10.8. The molecule has 0 saturated carbocycles. The fourth-order valence-corrected chi connectivity index (χ4v) is 3.47. The second-order valence-electron chi connectivity index (χ2n) is 4.14. The van der Waals surface area contributed by atoms with Gasteiger partial charge in [-0.3, -0.25) is 0 Å². The second kappa shape index (κ2) is 6.98. The lowest BCUT2D eigenvalue weighted by Crippen LogP contribution is -2.22. The Morgan fingerprint density at radius 2 is 2.06 bits per heavy atom. The molecule has 1 aromatic carbocycles. The quantitative estimate of drug-likeness (QED) is 0.777. The van der Waals surface area contributed by atoms with E-state index in [1.807, 2.05) is 23.1 Å². The molecule has 1 atom stereocenters. The Labute approximate surface area is 118 Å². The van der Waals surface area contributed by atoms with E-state index in [0.717, 1.165) is 13.0 Å². The Hall–Kier alpha value is -0.770. The highest BCUT2D eigenvalue weighted by Gasteiger charge is 2.16. The molecule has 0 saturated heterocycles. The van der Waals surface area contributed by atoms with Gasteiger partial charge >= 0.3 is 0 Å². The minimum absolute atomic E-state index is 0.327. The maximum atomic E-state index is 3.66. The van der Waals surface area contributed by atoms with Crippen LogP contribution < -0.4 is 5.32 Å². The van der Waals surface area contributed by atoms with E-state index in [9.17, 15) is 0 Å². The number of rotatable bonds is 6. The smallest absolute Gasteiger partial charge is 0.0681 e. The highest BCUT2D eigenvalue weighted by atomic mass is 32.2. The lowest BCUT2D eigenvalue weighted by molar-refractivity contribution is 0.599. The van der Waals surface area contributed by atoms with Crippen molar-refractivity contribution in [2.45, 2.75) is 24.3 Å².